The van der Waals surface area contributed by atoms with Crippen LogP contribution in [0.15, 0.2) is 12.3 Å². The van der Waals surface area contributed by atoms with E-state index in [2.05, 4.69) is 10.3 Å². The fraction of sp³-hybridized carbons (Fsp3) is 0.444. The number of pyridine rings is 1. The summed E-state index contributed by atoms with van der Waals surface area (Å²) < 4.78 is 0. The largest absolute Gasteiger partial charge is 0.369 e. The lowest BCUT2D eigenvalue weighted by molar-refractivity contribution is -0.385. The SMILES string of the molecule is CC(C)CNc1ncc([N+](=O)[O-])cc1Cl. The third-order valence-electron chi connectivity index (χ3n) is 1.72. The average molecular weight is 230 g/mol. The number of anilines is 1. The summed E-state index contributed by atoms with van der Waals surface area (Å²) in [6.45, 7) is 4.82. The number of hydrogen-bond acceptors (Lipinski definition) is 4. The third-order valence-corrected chi connectivity index (χ3v) is 2.00. The molecule has 0 saturated heterocycles. The Morgan fingerprint density at radius 3 is 2.80 bits per heavy atom. The molecule has 82 valence electrons. The molecular formula is C9H12ClN3O2. The number of hydrogen-bond donors (Lipinski definition) is 1. The van der Waals surface area contributed by atoms with Gasteiger partial charge in [0.25, 0.3) is 5.69 Å². The minimum atomic E-state index is -0.523. The molecule has 15 heavy (non-hydrogen) atoms. The van der Waals surface area contributed by atoms with Crippen molar-refractivity contribution in [3.05, 3.63) is 27.4 Å². The summed E-state index contributed by atoms with van der Waals surface area (Å²) in [6, 6.07) is 1.29. The highest BCUT2D eigenvalue weighted by Crippen LogP contribution is 2.23. The standard InChI is InChI=1S/C9H12ClN3O2/c1-6(2)4-11-9-8(10)3-7(5-12-9)13(14)15/h3,5-6H,4H2,1-2H3,(H,11,12). The molecule has 0 spiro atoms. The predicted octanol–water partition coefficient (Wildman–Crippen LogP) is 2.71. The lowest BCUT2D eigenvalue weighted by Gasteiger charge is -2.08. The van der Waals surface area contributed by atoms with Crippen molar-refractivity contribution in [1.82, 2.24) is 4.98 Å². The van der Waals surface area contributed by atoms with Crippen LogP contribution in [0.3, 0.4) is 0 Å². The smallest absolute Gasteiger partial charge is 0.289 e. The molecule has 0 aromatic carbocycles. The van der Waals surface area contributed by atoms with Gasteiger partial charge in [-0.15, -0.1) is 0 Å². The molecule has 0 bridgehead atoms. The normalized spacial score (nSPS) is 10.4. The van der Waals surface area contributed by atoms with Gasteiger partial charge in [-0.3, -0.25) is 10.1 Å². The van der Waals surface area contributed by atoms with Crippen molar-refractivity contribution in [3.63, 3.8) is 0 Å². The van der Waals surface area contributed by atoms with Crippen molar-refractivity contribution < 1.29 is 4.92 Å². The van der Waals surface area contributed by atoms with Gasteiger partial charge in [-0.25, -0.2) is 4.98 Å². The van der Waals surface area contributed by atoms with Crippen molar-refractivity contribution in [2.75, 3.05) is 11.9 Å². The van der Waals surface area contributed by atoms with E-state index < -0.39 is 4.92 Å². The molecular weight excluding hydrogens is 218 g/mol. The molecule has 1 rings (SSSR count). The summed E-state index contributed by atoms with van der Waals surface area (Å²) in [6.07, 6.45) is 1.19. The number of nitrogens with zero attached hydrogens (tertiary/aromatic N) is 2. The first-order valence-electron chi connectivity index (χ1n) is 4.54. The van der Waals surface area contributed by atoms with Crippen LogP contribution in [0.1, 0.15) is 13.8 Å². The lowest BCUT2D eigenvalue weighted by atomic mass is 10.2. The molecule has 1 aromatic heterocycles. The number of aromatic nitrogens is 1. The van der Waals surface area contributed by atoms with Crippen molar-refractivity contribution in [2.24, 2.45) is 5.92 Å². The molecule has 0 aliphatic carbocycles. The van der Waals surface area contributed by atoms with E-state index >= 15 is 0 Å². The van der Waals surface area contributed by atoms with Gasteiger partial charge in [0.15, 0.2) is 0 Å². The van der Waals surface area contributed by atoms with E-state index in [9.17, 15) is 10.1 Å². The van der Waals surface area contributed by atoms with Crippen molar-refractivity contribution in [2.45, 2.75) is 13.8 Å². The Hall–Kier alpha value is -1.36. The van der Waals surface area contributed by atoms with E-state index in [1.807, 2.05) is 13.8 Å². The van der Waals surface area contributed by atoms with E-state index in [0.717, 1.165) is 6.54 Å². The first-order valence-corrected chi connectivity index (χ1v) is 4.92. The lowest BCUT2D eigenvalue weighted by Crippen LogP contribution is -2.09. The van der Waals surface area contributed by atoms with Gasteiger partial charge in [0.05, 0.1) is 9.95 Å². The van der Waals surface area contributed by atoms with Crippen molar-refractivity contribution in [3.8, 4) is 0 Å². The molecule has 0 amide bonds. The summed E-state index contributed by atoms with van der Waals surface area (Å²) in [7, 11) is 0. The molecule has 0 atom stereocenters. The Kier molecular flexibility index (Phi) is 3.85. The van der Waals surface area contributed by atoms with E-state index in [0.29, 0.717) is 11.7 Å². The maximum Gasteiger partial charge on any atom is 0.289 e. The van der Waals surface area contributed by atoms with Gasteiger partial charge in [-0.1, -0.05) is 25.4 Å². The van der Waals surface area contributed by atoms with Crippen LogP contribution >= 0.6 is 11.6 Å². The fourth-order valence-electron chi connectivity index (χ4n) is 0.959. The highest BCUT2D eigenvalue weighted by Gasteiger charge is 2.10. The third kappa shape index (κ3) is 3.36. The Balaban J connectivity index is 2.79. The van der Waals surface area contributed by atoms with Crippen molar-refractivity contribution >= 4 is 23.1 Å². The summed E-state index contributed by atoms with van der Waals surface area (Å²) in [5, 5.41) is 13.7. The zero-order chi connectivity index (χ0) is 11.4. The van der Waals surface area contributed by atoms with Crippen LogP contribution in [0.2, 0.25) is 5.02 Å². The molecule has 5 nitrogen and oxygen atoms in total. The minimum Gasteiger partial charge on any atom is -0.369 e. The van der Waals surface area contributed by atoms with Crippen LogP contribution in [0.25, 0.3) is 0 Å². The predicted molar refractivity (Wildman–Crippen MR) is 59.2 cm³/mol. The molecule has 1 heterocycles. The van der Waals surface area contributed by atoms with Crippen LogP contribution in [0.5, 0.6) is 0 Å². The topological polar surface area (TPSA) is 68.1 Å². The van der Waals surface area contributed by atoms with Crippen molar-refractivity contribution in [1.29, 1.82) is 0 Å². The number of nitro groups is 1. The summed E-state index contributed by atoms with van der Waals surface area (Å²) in [4.78, 5) is 13.8. The summed E-state index contributed by atoms with van der Waals surface area (Å²) in [5.74, 6) is 0.939. The Morgan fingerprint density at radius 1 is 1.67 bits per heavy atom. The van der Waals surface area contributed by atoms with Gasteiger partial charge in [0, 0.05) is 12.6 Å². The fourth-order valence-corrected chi connectivity index (χ4v) is 1.19. The molecule has 0 aliphatic rings. The molecule has 0 saturated carbocycles. The van der Waals surface area contributed by atoms with E-state index in [1.54, 1.807) is 0 Å². The number of halogens is 1. The molecule has 0 fully saturated rings. The maximum atomic E-state index is 10.4. The van der Waals surface area contributed by atoms with Gasteiger partial charge >= 0.3 is 0 Å². The summed E-state index contributed by atoms with van der Waals surface area (Å²) in [5.41, 5.74) is -0.102. The molecule has 0 aliphatic heterocycles. The van der Waals surface area contributed by atoms with E-state index in [-0.39, 0.29) is 10.7 Å². The quantitative estimate of drug-likeness (QED) is 0.637. The zero-order valence-electron chi connectivity index (χ0n) is 8.53. The second-order valence-corrected chi connectivity index (χ2v) is 3.96. The Morgan fingerprint density at radius 2 is 2.33 bits per heavy atom. The van der Waals surface area contributed by atoms with Gasteiger partial charge in [-0.2, -0.15) is 0 Å². The average Bonchev–Trinajstić information content (AvgIpc) is 2.15. The summed E-state index contributed by atoms with van der Waals surface area (Å²) >= 11 is 5.83. The van der Waals surface area contributed by atoms with Gasteiger partial charge in [0.1, 0.15) is 12.0 Å². The molecule has 0 unspecified atom stereocenters. The minimum absolute atomic E-state index is 0.102. The van der Waals surface area contributed by atoms with Crippen LogP contribution < -0.4 is 5.32 Å². The number of rotatable bonds is 4. The second-order valence-electron chi connectivity index (χ2n) is 3.56. The first kappa shape index (κ1) is 11.7. The van der Waals surface area contributed by atoms with Gasteiger partial charge in [-0.05, 0) is 5.92 Å². The first-order chi connectivity index (χ1) is 7.00. The number of nitrogens with one attached hydrogen (secondary N) is 1. The maximum absolute atomic E-state index is 10.4. The molecule has 0 radical (unpaired) electrons. The second kappa shape index (κ2) is 4.93. The van der Waals surface area contributed by atoms with Gasteiger partial charge in [0.2, 0.25) is 0 Å². The van der Waals surface area contributed by atoms with Crippen LogP contribution in [-0.4, -0.2) is 16.5 Å². The molecule has 1 N–H and O–H groups in total. The van der Waals surface area contributed by atoms with Crippen LogP contribution in [0.4, 0.5) is 11.5 Å². The van der Waals surface area contributed by atoms with Crippen LogP contribution in [-0.2, 0) is 0 Å². The zero-order valence-corrected chi connectivity index (χ0v) is 9.28. The van der Waals surface area contributed by atoms with Gasteiger partial charge < -0.3 is 5.32 Å². The Labute approximate surface area is 92.6 Å². The molecule has 6 heteroatoms. The van der Waals surface area contributed by atoms with E-state index in [4.69, 9.17) is 11.6 Å². The Bertz CT molecular complexity index is 368. The monoisotopic (exact) mass is 229 g/mol. The highest BCUT2D eigenvalue weighted by atomic mass is 35.5. The highest BCUT2D eigenvalue weighted by molar-refractivity contribution is 6.33. The molecule has 1 aromatic rings. The van der Waals surface area contributed by atoms with Crippen LogP contribution in [0, 0.1) is 16.0 Å². The van der Waals surface area contributed by atoms with E-state index in [1.165, 1.54) is 12.3 Å².